The molecule has 0 aliphatic carbocycles. The van der Waals surface area contributed by atoms with E-state index in [0.29, 0.717) is 5.56 Å². The molecule has 0 aromatic heterocycles. The van der Waals surface area contributed by atoms with Crippen LogP contribution in [-0.4, -0.2) is 72.5 Å². The van der Waals surface area contributed by atoms with E-state index in [1.807, 2.05) is 30.3 Å². The number of aromatic hydroxyl groups is 1. The number of benzene rings is 2. The average Bonchev–Trinajstić information content (AvgIpc) is 2.84. The van der Waals surface area contributed by atoms with Crippen molar-refractivity contribution in [2.24, 2.45) is 0 Å². The van der Waals surface area contributed by atoms with E-state index in [-0.39, 0.29) is 24.7 Å². The largest absolute Gasteiger partial charge is 0.504 e. The zero-order valence-electron chi connectivity index (χ0n) is 17.4. The number of aliphatic hydroxyl groups excluding tert-OH is 2. The summed E-state index contributed by atoms with van der Waals surface area (Å²) in [6.45, 7) is -0.107. The third-order valence-electron chi connectivity index (χ3n) is 6.04. The summed E-state index contributed by atoms with van der Waals surface area (Å²) in [6.07, 6.45) is -6.09. The minimum absolute atomic E-state index is 0.0159. The molecule has 2 aromatic rings. The SMILES string of the molecule is COc1cc([C@@H]2O[C@H]3[C@H](O[C@H]2CO)O[C@@H]2CO[C@@H](c4ccccc4)O[C@H]2[C@@H]3O)ccc1O. The van der Waals surface area contributed by atoms with Crippen LogP contribution in [0, 0.1) is 0 Å². The molecule has 3 N–H and O–H groups in total. The van der Waals surface area contributed by atoms with Crippen LogP contribution in [0.3, 0.4) is 0 Å². The summed E-state index contributed by atoms with van der Waals surface area (Å²) < 4.78 is 35.2. The molecule has 5 rings (SSSR count). The highest BCUT2D eigenvalue weighted by Crippen LogP contribution is 2.42. The van der Waals surface area contributed by atoms with Crippen LogP contribution >= 0.6 is 0 Å². The van der Waals surface area contributed by atoms with E-state index in [4.69, 9.17) is 28.4 Å². The predicted octanol–water partition coefficient (Wildman–Crippen LogP) is 1.42. The predicted molar refractivity (Wildman–Crippen MR) is 109 cm³/mol. The molecule has 2 aromatic carbocycles. The highest BCUT2D eigenvalue weighted by molar-refractivity contribution is 5.42. The quantitative estimate of drug-likeness (QED) is 0.641. The Morgan fingerprint density at radius 2 is 1.78 bits per heavy atom. The zero-order valence-corrected chi connectivity index (χ0v) is 17.4. The number of aliphatic hydroxyl groups is 2. The topological polar surface area (TPSA) is 116 Å². The second-order valence-electron chi connectivity index (χ2n) is 8.02. The van der Waals surface area contributed by atoms with Crippen molar-refractivity contribution in [2.75, 3.05) is 20.3 Å². The van der Waals surface area contributed by atoms with Gasteiger partial charge in [0.1, 0.15) is 36.6 Å². The Balaban J connectivity index is 1.37. The Morgan fingerprint density at radius 1 is 0.969 bits per heavy atom. The number of methoxy groups -OCH3 is 1. The van der Waals surface area contributed by atoms with Crippen molar-refractivity contribution in [3.05, 3.63) is 59.7 Å². The van der Waals surface area contributed by atoms with Gasteiger partial charge < -0.3 is 43.7 Å². The van der Waals surface area contributed by atoms with Crippen molar-refractivity contribution in [1.29, 1.82) is 0 Å². The summed E-state index contributed by atoms with van der Waals surface area (Å²) in [5.41, 5.74) is 1.47. The molecule has 172 valence electrons. The number of rotatable bonds is 4. The maximum absolute atomic E-state index is 11.1. The molecule has 3 aliphatic heterocycles. The number of phenols is 1. The number of ether oxygens (including phenoxy) is 6. The Kier molecular flexibility index (Phi) is 6.04. The van der Waals surface area contributed by atoms with Gasteiger partial charge in [-0.3, -0.25) is 0 Å². The number of phenolic OH excluding ortho intramolecular Hbond substituents is 1. The maximum atomic E-state index is 11.1. The van der Waals surface area contributed by atoms with E-state index in [1.165, 1.54) is 13.2 Å². The van der Waals surface area contributed by atoms with Crippen molar-refractivity contribution in [1.82, 2.24) is 0 Å². The third-order valence-corrected chi connectivity index (χ3v) is 6.04. The summed E-state index contributed by atoms with van der Waals surface area (Å²) in [6, 6.07) is 14.2. The summed E-state index contributed by atoms with van der Waals surface area (Å²) >= 11 is 0. The van der Waals surface area contributed by atoms with Gasteiger partial charge in [0.15, 0.2) is 24.1 Å². The van der Waals surface area contributed by atoms with E-state index in [1.54, 1.807) is 12.1 Å². The van der Waals surface area contributed by atoms with Gasteiger partial charge in [-0.15, -0.1) is 0 Å². The van der Waals surface area contributed by atoms with Crippen LogP contribution in [0.5, 0.6) is 11.5 Å². The van der Waals surface area contributed by atoms with Crippen LogP contribution in [0.1, 0.15) is 23.5 Å². The van der Waals surface area contributed by atoms with Gasteiger partial charge in [-0.1, -0.05) is 36.4 Å². The lowest BCUT2D eigenvalue weighted by Crippen LogP contribution is -2.65. The molecule has 9 nitrogen and oxygen atoms in total. The maximum Gasteiger partial charge on any atom is 0.187 e. The Morgan fingerprint density at radius 3 is 2.53 bits per heavy atom. The van der Waals surface area contributed by atoms with Crippen molar-refractivity contribution >= 4 is 0 Å². The number of fused-ring (bicyclic) bond motifs is 2. The summed E-state index contributed by atoms with van der Waals surface area (Å²) in [4.78, 5) is 0. The fourth-order valence-corrected chi connectivity index (χ4v) is 4.40. The highest BCUT2D eigenvalue weighted by Gasteiger charge is 2.54. The zero-order chi connectivity index (χ0) is 22.2. The molecule has 0 bridgehead atoms. The Labute approximate surface area is 185 Å². The molecule has 0 saturated carbocycles. The van der Waals surface area contributed by atoms with Crippen molar-refractivity contribution in [2.45, 2.75) is 49.2 Å². The summed E-state index contributed by atoms with van der Waals surface area (Å²) in [5, 5.41) is 30.9. The number of hydrogen-bond acceptors (Lipinski definition) is 9. The molecule has 0 amide bonds. The van der Waals surface area contributed by atoms with Gasteiger partial charge in [-0.05, 0) is 17.7 Å². The second kappa shape index (κ2) is 8.95. The van der Waals surface area contributed by atoms with Crippen molar-refractivity contribution in [3.63, 3.8) is 0 Å². The van der Waals surface area contributed by atoms with Crippen LogP contribution in [0.4, 0.5) is 0 Å². The molecule has 0 spiro atoms. The lowest BCUT2D eigenvalue weighted by atomic mass is 9.94. The average molecular weight is 446 g/mol. The van der Waals surface area contributed by atoms with E-state index >= 15 is 0 Å². The molecule has 3 saturated heterocycles. The molecule has 32 heavy (non-hydrogen) atoms. The van der Waals surface area contributed by atoms with Gasteiger partial charge in [-0.25, -0.2) is 0 Å². The van der Waals surface area contributed by atoms with E-state index in [2.05, 4.69) is 0 Å². The van der Waals surface area contributed by atoms with Gasteiger partial charge >= 0.3 is 0 Å². The molecule has 3 heterocycles. The summed E-state index contributed by atoms with van der Waals surface area (Å²) in [5.74, 6) is 0.252. The first kappa shape index (κ1) is 21.6. The van der Waals surface area contributed by atoms with Gasteiger partial charge in [0.2, 0.25) is 0 Å². The van der Waals surface area contributed by atoms with Crippen LogP contribution in [-0.2, 0) is 23.7 Å². The summed E-state index contributed by atoms with van der Waals surface area (Å²) in [7, 11) is 1.45. The van der Waals surface area contributed by atoms with E-state index in [0.717, 1.165) is 5.56 Å². The van der Waals surface area contributed by atoms with Gasteiger partial charge in [-0.2, -0.15) is 0 Å². The molecular weight excluding hydrogens is 420 g/mol. The molecule has 0 radical (unpaired) electrons. The fourth-order valence-electron chi connectivity index (χ4n) is 4.40. The van der Waals surface area contributed by atoms with Crippen LogP contribution < -0.4 is 4.74 Å². The minimum atomic E-state index is -1.05. The lowest BCUT2D eigenvalue weighted by molar-refractivity contribution is -0.402. The fraction of sp³-hybridized carbons (Fsp3) is 0.478. The normalized spacial score (nSPS) is 36.7. The smallest absolute Gasteiger partial charge is 0.187 e. The second-order valence-corrected chi connectivity index (χ2v) is 8.02. The minimum Gasteiger partial charge on any atom is -0.504 e. The first-order valence-electron chi connectivity index (χ1n) is 10.5. The highest BCUT2D eigenvalue weighted by atomic mass is 16.8. The molecule has 3 aliphatic rings. The van der Waals surface area contributed by atoms with Crippen molar-refractivity contribution < 1.29 is 43.7 Å². The molecule has 9 heteroatoms. The number of hydrogen-bond donors (Lipinski definition) is 3. The van der Waals surface area contributed by atoms with E-state index in [9.17, 15) is 15.3 Å². The van der Waals surface area contributed by atoms with Crippen LogP contribution in [0.25, 0.3) is 0 Å². The van der Waals surface area contributed by atoms with E-state index < -0.39 is 49.2 Å². The molecular formula is C23H26O9. The molecule has 0 unspecified atom stereocenters. The van der Waals surface area contributed by atoms with Crippen molar-refractivity contribution in [3.8, 4) is 11.5 Å². The lowest BCUT2D eigenvalue weighted by Gasteiger charge is -2.51. The molecule has 8 atom stereocenters. The van der Waals surface area contributed by atoms with Crippen LogP contribution in [0.15, 0.2) is 48.5 Å². The van der Waals surface area contributed by atoms with Gasteiger partial charge in [0.05, 0.1) is 20.3 Å². The van der Waals surface area contributed by atoms with Crippen LogP contribution in [0.2, 0.25) is 0 Å². The Hall–Kier alpha value is -2.24. The Bertz CT molecular complexity index is 923. The monoisotopic (exact) mass is 446 g/mol. The first-order valence-corrected chi connectivity index (χ1v) is 10.5. The standard InChI is InChI=1S/C23H26O9/c1-27-15-9-13(7-8-14(15)25)19-16(10-24)29-23-21(31-19)18(26)20-17(30-23)11-28-22(32-20)12-5-3-2-4-6-12/h2-9,16-26H,10-11H2,1H3/t16-,17+,18-,19-,20+,21+,22+,23+/m0/s1. The van der Waals surface area contributed by atoms with Gasteiger partial charge in [0.25, 0.3) is 0 Å². The van der Waals surface area contributed by atoms with Gasteiger partial charge in [0, 0.05) is 5.56 Å². The molecule has 3 fully saturated rings. The third kappa shape index (κ3) is 3.86. The first-order chi connectivity index (χ1) is 15.6.